The highest BCUT2D eigenvalue weighted by atomic mass is 79.9. The average Bonchev–Trinajstić information content (AvgIpc) is 2.72. The molecule has 0 aliphatic carbocycles. The first kappa shape index (κ1) is 15.4. The molecular weight excluding hydrogens is 338 g/mol. The number of nitrogens with zero attached hydrogens (tertiary/aromatic N) is 2. The molecule has 0 saturated heterocycles. The van der Waals surface area contributed by atoms with Crippen LogP contribution in [0.3, 0.4) is 0 Å². The number of halogens is 2. The van der Waals surface area contributed by atoms with Crippen LogP contribution in [0.1, 0.15) is 32.5 Å². The summed E-state index contributed by atoms with van der Waals surface area (Å²) in [5, 5.41) is 0.689. The summed E-state index contributed by atoms with van der Waals surface area (Å²) in [5.41, 5.74) is 8.13. The molecule has 1 heterocycles. The van der Waals surface area contributed by atoms with Gasteiger partial charge in [-0.3, -0.25) is 0 Å². The fourth-order valence-electron chi connectivity index (χ4n) is 2.26. The standard InChI is InChI=1S/C15H19BrClN3/c1-3-5-13-19-14(15(18)20(13)8-4-2)10-6-7-12(17)11(16)9-10/h6-7,9H,3-5,8,18H2,1-2H3. The molecule has 2 rings (SSSR count). The van der Waals surface area contributed by atoms with Gasteiger partial charge in [-0.1, -0.05) is 31.5 Å². The van der Waals surface area contributed by atoms with Gasteiger partial charge in [-0.05, 0) is 40.9 Å². The summed E-state index contributed by atoms with van der Waals surface area (Å²) >= 11 is 9.49. The van der Waals surface area contributed by atoms with Crippen molar-refractivity contribution < 1.29 is 0 Å². The quantitative estimate of drug-likeness (QED) is 0.827. The van der Waals surface area contributed by atoms with E-state index in [9.17, 15) is 0 Å². The second kappa shape index (κ2) is 6.64. The zero-order valence-electron chi connectivity index (χ0n) is 11.8. The topological polar surface area (TPSA) is 43.8 Å². The van der Waals surface area contributed by atoms with E-state index in [0.29, 0.717) is 5.02 Å². The Labute approximate surface area is 133 Å². The van der Waals surface area contributed by atoms with E-state index in [4.69, 9.17) is 22.3 Å². The van der Waals surface area contributed by atoms with Crippen LogP contribution in [0.4, 0.5) is 5.82 Å². The minimum Gasteiger partial charge on any atom is -0.383 e. The smallest absolute Gasteiger partial charge is 0.131 e. The molecule has 0 spiro atoms. The molecule has 0 bridgehead atoms. The molecule has 2 aromatic rings. The molecule has 0 aliphatic rings. The number of hydrogen-bond donors (Lipinski definition) is 1. The molecule has 0 atom stereocenters. The maximum Gasteiger partial charge on any atom is 0.131 e. The van der Waals surface area contributed by atoms with Gasteiger partial charge in [0, 0.05) is 23.0 Å². The molecule has 108 valence electrons. The third kappa shape index (κ3) is 3.01. The van der Waals surface area contributed by atoms with Crippen molar-refractivity contribution in [1.82, 2.24) is 9.55 Å². The Morgan fingerprint density at radius 1 is 1.30 bits per heavy atom. The van der Waals surface area contributed by atoms with Crippen molar-refractivity contribution in [3.05, 3.63) is 33.5 Å². The van der Waals surface area contributed by atoms with Gasteiger partial charge >= 0.3 is 0 Å². The summed E-state index contributed by atoms with van der Waals surface area (Å²) in [6.07, 6.45) is 3.05. The fourth-order valence-corrected chi connectivity index (χ4v) is 2.75. The van der Waals surface area contributed by atoms with Gasteiger partial charge in [-0.2, -0.15) is 0 Å². The number of rotatable bonds is 5. The van der Waals surface area contributed by atoms with Crippen LogP contribution < -0.4 is 5.73 Å². The number of nitrogens with two attached hydrogens (primary N) is 1. The lowest BCUT2D eigenvalue weighted by atomic mass is 10.1. The highest BCUT2D eigenvalue weighted by Gasteiger charge is 2.15. The Morgan fingerprint density at radius 3 is 2.65 bits per heavy atom. The number of imidazole rings is 1. The predicted octanol–water partition coefficient (Wildman–Crippen LogP) is 4.91. The summed E-state index contributed by atoms with van der Waals surface area (Å²) in [7, 11) is 0. The van der Waals surface area contributed by atoms with Gasteiger partial charge in [0.2, 0.25) is 0 Å². The van der Waals surface area contributed by atoms with Crippen LogP contribution in [0.2, 0.25) is 5.02 Å². The molecule has 1 aromatic heterocycles. The molecule has 2 N–H and O–H groups in total. The minimum atomic E-state index is 0.689. The van der Waals surface area contributed by atoms with Gasteiger partial charge < -0.3 is 10.3 Å². The molecule has 1 aromatic carbocycles. The number of benzene rings is 1. The Hall–Kier alpha value is -1.00. The summed E-state index contributed by atoms with van der Waals surface area (Å²) in [5.74, 6) is 1.80. The number of nitrogen functional groups attached to an aromatic ring is 1. The van der Waals surface area contributed by atoms with Gasteiger partial charge in [0.1, 0.15) is 17.3 Å². The van der Waals surface area contributed by atoms with Crippen molar-refractivity contribution in [3.63, 3.8) is 0 Å². The van der Waals surface area contributed by atoms with Crippen molar-refractivity contribution in [2.24, 2.45) is 0 Å². The van der Waals surface area contributed by atoms with E-state index in [1.54, 1.807) is 0 Å². The van der Waals surface area contributed by atoms with Crippen LogP contribution in [-0.4, -0.2) is 9.55 Å². The van der Waals surface area contributed by atoms with E-state index >= 15 is 0 Å². The molecule has 0 aliphatic heterocycles. The molecule has 0 fully saturated rings. The van der Waals surface area contributed by atoms with Gasteiger partial charge in [0.05, 0.1) is 5.02 Å². The van der Waals surface area contributed by atoms with E-state index in [1.807, 2.05) is 18.2 Å². The van der Waals surface area contributed by atoms with Crippen molar-refractivity contribution >= 4 is 33.3 Å². The van der Waals surface area contributed by atoms with Crippen molar-refractivity contribution in [1.29, 1.82) is 0 Å². The average molecular weight is 357 g/mol. The van der Waals surface area contributed by atoms with Crippen molar-refractivity contribution in [2.75, 3.05) is 5.73 Å². The first-order chi connectivity index (χ1) is 9.58. The second-order valence-corrected chi connectivity index (χ2v) is 6.05. The molecular formula is C15H19BrClN3. The molecule has 20 heavy (non-hydrogen) atoms. The maximum absolute atomic E-state index is 6.29. The Kier molecular flexibility index (Phi) is 5.11. The van der Waals surface area contributed by atoms with Crippen LogP contribution in [0.15, 0.2) is 22.7 Å². The van der Waals surface area contributed by atoms with Crippen LogP contribution in [0.25, 0.3) is 11.3 Å². The number of aromatic nitrogens is 2. The molecule has 0 saturated carbocycles. The first-order valence-electron chi connectivity index (χ1n) is 6.88. The zero-order chi connectivity index (χ0) is 14.7. The molecule has 0 amide bonds. The summed E-state index contributed by atoms with van der Waals surface area (Å²) in [6.45, 7) is 5.20. The Morgan fingerprint density at radius 2 is 2.05 bits per heavy atom. The molecule has 5 heteroatoms. The maximum atomic E-state index is 6.29. The van der Waals surface area contributed by atoms with E-state index in [-0.39, 0.29) is 0 Å². The minimum absolute atomic E-state index is 0.689. The monoisotopic (exact) mass is 355 g/mol. The van der Waals surface area contributed by atoms with E-state index in [0.717, 1.165) is 53.2 Å². The third-order valence-electron chi connectivity index (χ3n) is 3.20. The van der Waals surface area contributed by atoms with E-state index in [2.05, 4.69) is 34.3 Å². The summed E-state index contributed by atoms with van der Waals surface area (Å²) in [4.78, 5) is 4.73. The van der Waals surface area contributed by atoms with Gasteiger partial charge in [0.15, 0.2) is 0 Å². The second-order valence-electron chi connectivity index (χ2n) is 4.79. The third-order valence-corrected chi connectivity index (χ3v) is 4.41. The number of anilines is 1. The first-order valence-corrected chi connectivity index (χ1v) is 8.05. The summed E-state index contributed by atoms with van der Waals surface area (Å²) in [6, 6.07) is 5.78. The largest absolute Gasteiger partial charge is 0.383 e. The fraction of sp³-hybridized carbons (Fsp3) is 0.400. The highest BCUT2D eigenvalue weighted by molar-refractivity contribution is 9.10. The SMILES string of the molecule is CCCc1nc(-c2ccc(Cl)c(Br)c2)c(N)n1CCC. The Balaban J connectivity index is 2.50. The molecule has 0 unspecified atom stereocenters. The van der Waals surface area contributed by atoms with Crippen LogP contribution >= 0.6 is 27.5 Å². The van der Waals surface area contributed by atoms with Crippen molar-refractivity contribution in [2.45, 2.75) is 39.7 Å². The number of aryl methyl sites for hydroxylation is 1. The van der Waals surface area contributed by atoms with Crippen molar-refractivity contribution in [3.8, 4) is 11.3 Å². The van der Waals surface area contributed by atoms with E-state index < -0.39 is 0 Å². The van der Waals surface area contributed by atoms with Crippen LogP contribution in [-0.2, 0) is 13.0 Å². The lowest BCUT2D eigenvalue weighted by Crippen LogP contribution is -2.06. The lowest BCUT2D eigenvalue weighted by Gasteiger charge is -2.07. The van der Waals surface area contributed by atoms with Gasteiger partial charge in [-0.15, -0.1) is 0 Å². The highest BCUT2D eigenvalue weighted by Crippen LogP contribution is 2.32. The zero-order valence-corrected chi connectivity index (χ0v) is 14.1. The summed E-state index contributed by atoms with van der Waals surface area (Å²) < 4.78 is 2.99. The number of hydrogen-bond acceptors (Lipinski definition) is 2. The van der Waals surface area contributed by atoms with Crippen LogP contribution in [0, 0.1) is 0 Å². The van der Waals surface area contributed by atoms with Gasteiger partial charge in [-0.25, -0.2) is 4.98 Å². The molecule has 0 radical (unpaired) electrons. The van der Waals surface area contributed by atoms with E-state index in [1.165, 1.54) is 0 Å². The Bertz CT molecular complexity index is 607. The molecule has 3 nitrogen and oxygen atoms in total. The predicted molar refractivity (Wildman–Crippen MR) is 89.1 cm³/mol. The van der Waals surface area contributed by atoms with Crippen LogP contribution in [0.5, 0.6) is 0 Å². The van der Waals surface area contributed by atoms with Gasteiger partial charge in [0.25, 0.3) is 0 Å². The lowest BCUT2D eigenvalue weighted by molar-refractivity contribution is 0.637. The normalized spacial score (nSPS) is 11.0.